The van der Waals surface area contributed by atoms with Gasteiger partial charge in [-0.25, -0.2) is 4.98 Å². The van der Waals surface area contributed by atoms with Gasteiger partial charge in [0.15, 0.2) is 11.0 Å². The van der Waals surface area contributed by atoms with Gasteiger partial charge in [-0.3, -0.25) is 0 Å². The highest BCUT2D eigenvalue weighted by Crippen LogP contribution is 2.19. The monoisotopic (exact) mass is 197 g/mol. The lowest BCUT2D eigenvalue weighted by atomic mass is 10.6. The van der Waals surface area contributed by atoms with E-state index in [1.165, 1.54) is 17.7 Å². The van der Waals surface area contributed by atoms with E-state index >= 15 is 0 Å². The number of rotatable bonds is 3. The summed E-state index contributed by atoms with van der Waals surface area (Å²) in [4.78, 5) is 7.85. The maximum atomic E-state index is 5.49. The molecule has 0 amide bonds. The fraction of sp³-hybridized carbons (Fsp3) is 0.167. The van der Waals surface area contributed by atoms with Crippen molar-refractivity contribution in [2.75, 3.05) is 11.1 Å². The van der Waals surface area contributed by atoms with Crippen LogP contribution in [-0.4, -0.2) is 15.1 Å². The molecule has 0 bridgehead atoms. The first-order valence-electron chi connectivity index (χ1n) is 3.55. The van der Waals surface area contributed by atoms with Crippen molar-refractivity contribution in [1.29, 1.82) is 0 Å². The lowest BCUT2D eigenvalue weighted by molar-refractivity contribution is 0.411. The summed E-state index contributed by atoms with van der Waals surface area (Å²) >= 11 is 1.38. The Hall–Kier alpha value is -1.63. The second kappa shape index (κ2) is 3.40. The Kier molecular flexibility index (Phi) is 2.09. The maximum Gasteiger partial charge on any atom is 0.213 e. The van der Waals surface area contributed by atoms with Gasteiger partial charge in [-0.15, -0.1) is 0 Å². The van der Waals surface area contributed by atoms with Crippen molar-refractivity contribution in [3.8, 4) is 0 Å². The lowest BCUT2D eigenvalue weighted by Gasteiger charge is -1.95. The van der Waals surface area contributed by atoms with Gasteiger partial charge in [-0.05, 0) is 0 Å². The number of hydrogen-bond acceptors (Lipinski definition) is 7. The molecule has 2 aromatic heterocycles. The second-order valence-corrected chi connectivity index (χ2v) is 3.33. The van der Waals surface area contributed by atoms with Gasteiger partial charge in [0.25, 0.3) is 0 Å². The van der Waals surface area contributed by atoms with E-state index in [9.17, 15) is 0 Å². The Labute approximate surface area is 77.8 Å². The zero-order valence-electron chi connectivity index (χ0n) is 6.60. The predicted octanol–water partition coefficient (Wildman–Crippen LogP) is 0.720. The number of hydrogen-bond donors (Lipinski definition) is 2. The molecule has 0 aliphatic rings. The number of anilines is 2. The van der Waals surface area contributed by atoms with E-state index in [4.69, 9.17) is 5.73 Å². The van der Waals surface area contributed by atoms with E-state index in [2.05, 4.69) is 25.0 Å². The highest BCUT2D eigenvalue weighted by atomic mass is 32.1. The van der Waals surface area contributed by atoms with Crippen molar-refractivity contribution < 1.29 is 4.52 Å². The van der Waals surface area contributed by atoms with Crippen molar-refractivity contribution in [2.24, 2.45) is 0 Å². The number of aromatic nitrogens is 3. The van der Waals surface area contributed by atoms with E-state index in [-0.39, 0.29) is 0 Å². The minimum Gasteiger partial charge on any atom is -0.389 e. The highest BCUT2D eigenvalue weighted by Gasteiger charge is 2.00. The summed E-state index contributed by atoms with van der Waals surface area (Å²) in [5.74, 6) is 0.591. The smallest absolute Gasteiger partial charge is 0.213 e. The van der Waals surface area contributed by atoms with Crippen LogP contribution in [-0.2, 0) is 6.54 Å². The molecular weight excluding hydrogens is 190 g/mol. The van der Waals surface area contributed by atoms with Gasteiger partial charge < -0.3 is 15.6 Å². The predicted molar refractivity (Wildman–Crippen MR) is 48.2 cm³/mol. The average Bonchev–Trinajstić information content (AvgIpc) is 2.71. The molecule has 7 heteroatoms. The standard InChI is InChI=1S/C6H7N5OS/c7-4-1-8-6(13-4)9-2-5-10-3-12-11-5/h1,3H,2,7H2,(H,8,9). The van der Waals surface area contributed by atoms with Crippen LogP contribution >= 0.6 is 11.3 Å². The summed E-state index contributed by atoms with van der Waals surface area (Å²) in [6.45, 7) is 0.490. The van der Waals surface area contributed by atoms with Crippen LogP contribution in [0.15, 0.2) is 17.1 Å². The van der Waals surface area contributed by atoms with Crippen LogP contribution in [0.3, 0.4) is 0 Å². The van der Waals surface area contributed by atoms with E-state index < -0.39 is 0 Å². The van der Waals surface area contributed by atoms with Crippen molar-refractivity contribution in [3.63, 3.8) is 0 Å². The molecule has 0 aliphatic carbocycles. The van der Waals surface area contributed by atoms with Gasteiger partial charge in [0, 0.05) is 0 Å². The Balaban J connectivity index is 1.93. The average molecular weight is 197 g/mol. The Bertz CT molecular complexity index is 370. The largest absolute Gasteiger partial charge is 0.389 e. The maximum absolute atomic E-state index is 5.49. The van der Waals surface area contributed by atoms with E-state index in [0.29, 0.717) is 17.4 Å². The van der Waals surface area contributed by atoms with Gasteiger partial charge in [0.1, 0.15) is 5.00 Å². The molecule has 6 nitrogen and oxygen atoms in total. The molecule has 0 aromatic carbocycles. The molecule has 0 fully saturated rings. The van der Waals surface area contributed by atoms with Crippen LogP contribution in [0.4, 0.5) is 10.1 Å². The quantitative estimate of drug-likeness (QED) is 0.753. The summed E-state index contributed by atoms with van der Waals surface area (Å²) in [7, 11) is 0. The number of nitrogens with zero attached hydrogens (tertiary/aromatic N) is 3. The minimum absolute atomic E-state index is 0.490. The van der Waals surface area contributed by atoms with Crippen LogP contribution < -0.4 is 11.1 Å². The number of nitrogens with one attached hydrogen (secondary N) is 1. The van der Waals surface area contributed by atoms with Gasteiger partial charge in [0.05, 0.1) is 12.7 Å². The van der Waals surface area contributed by atoms with Gasteiger partial charge in [-0.2, -0.15) is 4.98 Å². The van der Waals surface area contributed by atoms with E-state index in [0.717, 1.165) is 5.13 Å². The van der Waals surface area contributed by atoms with Crippen molar-refractivity contribution in [2.45, 2.75) is 6.54 Å². The van der Waals surface area contributed by atoms with Crippen LogP contribution in [0.25, 0.3) is 0 Å². The highest BCUT2D eigenvalue weighted by molar-refractivity contribution is 7.19. The normalized spacial score (nSPS) is 10.2. The fourth-order valence-electron chi connectivity index (χ4n) is 0.793. The summed E-state index contributed by atoms with van der Waals surface area (Å²) in [6.07, 6.45) is 2.89. The van der Waals surface area contributed by atoms with E-state index in [1.807, 2.05) is 0 Å². The molecule has 2 aromatic rings. The molecule has 0 aliphatic heterocycles. The Morgan fingerprint density at radius 3 is 3.08 bits per heavy atom. The van der Waals surface area contributed by atoms with Gasteiger partial charge in [0.2, 0.25) is 6.39 Å². The summed E-state index contributed by atoms with van der Waals surface area (Å²) in [5.41, 5.74) is 5.49. The SMILES string of the molecule is Nc1cnc(NCc2ncon2)s1. The topological polar surface area (TPSA) is 89.9 Å². The molecule has 0 saturated heterocycles. The van der Waals surface area contributed by atoms with Gasteiger partial charge in [-0.1, -0.05) is 16.5 Å². The van der Waals surface area contributed by atoms with Crippen LogP contribution in [0.2, 0.25) is 0 Å². The first-order chi connectivity index (χ1) is 6.34. The van der Waals surface area contributed by atoms with Crippen LogP contribution in [0, 0.1) is 0 Å². The molecule has 68 valence electrons. The number of thiazole rings is 1. The summed E-state index contributed by atoms with van der Waals surface area (Å²) in [5, 5.41) is 8.07. The molecule has 2 heterocycles. The number of nitrogens with two attached hydrogens (primary N) is 1. The molecule has 0 radical (unpaired) electrons. The Morgan fingerprint density at radius 1 is 1.54 bits per heavy atom. The lowest BCUT2D eigenvalue weighted by Crippen LogP contribution is -2.00. The molecule has 2 rings (SSSR count). The number of nitrogen functional groups attached to an aromatic ring is 1. The zero-order valence-corrected chi connectivity index (χ0v) is 7.41. The molecule has 0 atom stereocenters. The molecule has 3 N–H and O–H groups in total. The van der Waals surface area contributed by atoms with Crippen LogP contribution in [0.1, 0.15) is 5.82 Å². The third-order valence-corrected chi connectivity index (χ3v) is 2.11. The first-order valence-corrected chi connectivity index (χ1v) is 4.36. The second-order valence-electron chi connectivity index (χ2n) is 2.27. The molecule has 0 saturated carbocycles. The van der Waals surface area contributed by atoms with Crippen molar-refractivity contribution in [1.82, 2.24) is 15.1 Å². The Morgan fingerprint density at radius 2 is 2.46 bits per heavy atom. The summed E-state index contributed by atoms with van der Waals surface area (Å²) < 4.78 is 4.57. The van der Waals surface area contributed by atoms with Crippen LogP contribution in [0.5, 0.6) is 0 Å². The van der Waals surface area contributed by atoms with Gasteiger partial charge >= 0.3 is 0 Å². The van der Waals surface area contributed by atoms with Crippen molar-refractivity contribution >= 4 is 21.5 Å². The minimum atomic E-state index is 0.490. The zero-order chi connectivity index (χ0) is 9.10. The van der Waals surface area contributed by atoms with Crippen molar-refractivity contribution in [3.05, 3.63) is 18.4 Å². The fourth-order valence-corrected chi connectivity index (χ4v) is 1.37. The molecule has 13 heavy (non-hydrogen) atoms. The third kappa shape index (κ3) is 1.94. The molecule has 0 spiro atoms. The molecular formula is C6H7N5OS. The summed E-state index contributed by atoms with van der Waals surface area (Å²) in [6, 6.07) is 0. The van der Waals surface area contributed by atoms with E-state index in [1.54, 1.807) is 6.20 Å². The molecule has 0 unspecified atom stereocenters. The first kappa shape index (κ1) is 7.99. The third-order valence-electron chi connectivity index (χ3n) is 1.33.